The van der Waals surface area contributed by atoms with Gasteiger partial charge in [-0.25, -0.2) is 0 Å². The molecule has 0 radical (unpaired) electrons. The van der Waals surface area contributed by atoms with Gasteiger partial charge in [-0.2, -0.15) is 0 Å². The van der Waals surface area contributed by atoms with Crippen LogP contribution in [0.1, 0.15) is 12.5 Å². The zero-order valence-corrected chi connectivity index (χ0v) is 12.7. The largest absolute Gasteiger partial charge is 0.490 e. The third-order valence-corrected chi connectivity index (χ3v) is 3.08. The van der Waals surface area contributed by atoms with Crippen LogP contribution in [-0.2, 0) is 19.1 Å². The van der Waals surface area contributed by atoms with Crippen LogP contribution in [0.3, 0.4) is 0 Å². The number of ketones is 2. The summed E-state index contributed by atoms with van der Waals surface area (Å²) in [6, 6.07) is 7.06. The van der Waals surface area contributed by atoms with E-state index in [1.54, 1.807) is 30.3 Å². The fourth-order valence-corrected chi connectivity index (χ4v) is 2.04. The van der Waals surface area contributed by atoms with Gasteiger partial charge in [-0.05, 0) is 30.7 Å². The molecule has 0 aliphatic carbocycles. The van der Waals surface area contributed by atoms with Crippen LogP contribution < -0.4 is 4.74 Å². The lowest BCUT2D eigenvalue weighted by Crippen LogP contribution is -2.34. The molecule has 1 unspecified atom stereocenters. The number of rotatable bonds is 6. The standard InChI is InChI=1S/C18H16O5/c1-3-9-22-14-6-4-5-13(11-14)7-8-15(19)17-16(20)10-12(2)23-18(17)21/h3-8,10-11,17H,1,9H2,2H3/b8-7+. The first kappa shape index (κ1) is 16.4. The van der Waals surface area contributed by atoms with Crippen LogP contribution in [0, 0.1) is 5.92 Å². The number of hydrogen-bond acceptors (Lipinski definition) is 5. The van der Waals surface area contributed by atoms with Crippen LogP contribution >= 0.6 is 0 Å². The minimum Gasteiger partial charge on any atom is -0.490 e. The Hall–Kier alpha value is -2.95. The number of benzene rings is 1. The predicted octanol–water partition coefficient (Wildman–Crippen LogP) is 2.48. The van der Waals surface area contributed by atoms with Gasteiger partial charge in [0.25, 0.3) is 0 Å². The minimum absolute atomic E-state index is 0.195. The summed E-state index contributed by atoms with van der Waals surface area (Å²) in [6.07, 6.45) is 5.50. The average molecular weight is 312 g/mol. The van der Waals surface area contributed by atoms with Gasteiger partial charge in [0, 0.05) is 6.08 Å². The summed E-state index contributed by atoms with van der Waals surface area (Å²) in [4.78, 5) is 35.5. The molecule has 23 heavy (non-hydrogen) atoms. The molecule has 5 nitrogen and oxygen atoms in total. The zero-order valence-electron chi connectivity index (χ0n) is 12.7. The molecule has 0 spiro atoms. The molecule has 1 atom stereocenters. The van der Waals surface area contributed by atoms with Crippen molar-refractivity contribution in [2.24, 2.45) is 5.92 Å². The molecule has 1 aromatic rings. The molecule has 118 valence electrons. The first-order valence-electron chi connectivity index (χ1n) is 7.01. The molecule has 0 fully saturated rings. The van der Waals surface area contributed by atoms with Crippen molar-refractivity contribution < 1.29 is 23.9 Å². The highest BCUT2D eigenvalue weighted by atomic mass is 16.5. The second-order valence-electron chi connectivity index (χ2n) is 4.92. The quantitative estimate of drug-likeness (QED) is 0.349. The number of ether oxygens (including phenoxy) is 2. The van der Waals surface area contributed by atoms with Gasteiger partial charge in [-0.1, -0.05) is 30.9 Å². The predicted molar refractivity (Wildman–Crippen MR) is 84.5 cm³/mol. The summed E-state index contributed by atoms with van der Waals surface area (Å²) in [6.45, 7) is 5.43. The van der Waals surface area contributed by atoms with Gasteiger partial charge in [-0.3, -0.25) is 14.4 Å². The zero-order chi connectivity index (χ0) is 16.8. The molecule has 0 bridgehead atoms. The summed E-state index contributed by atoms with van der Waals surface area (Å²) >= 11 is 0. The highest BCUT2D eigenvalue weighted by Gasteiger charge is 2.36. The van der Waals surface area contributed by atoms with E-state index >= 15 is 0 Å². The Morgan fingerprint density at radius 3 is 2.87 bits per heavy atom. The fourth-order valence-electron chi connectivity index (χ4n) is 2.04. The van der Waals surface area contributed by atoms with E-state index in [9.17, 15) is 14.4 Å². The molecular weight excluding hydrogens is 296 g/mol. The molecule has 1 aromatic carbocycles. The lowest BCUT2D eigenvalue weighted by molar-refractivity contribution is -0.151. The van der Waals surface area contributed by atoms with Crippen LogP contribution in [0.15, 0.2) is 54.8 Å². The minimum atomic E-state index is -1.42. The van der Waals surface area contributed by atoms with Crippen molar-refractivity contribution in [2.75, 3.05) is 6.61 Å². The molecule has 1 aliphatic heterocycles. The SMILES string of the molecule is C=CCOc1cccc(/C=C/C(=O)C2C(=O)C=C(C)OC2=O)c1. The molecule has 0 aromatic heterocycles. The summed E-state index contributed by atoms with van der Waals surface area (Å²) in [5.41, 5.74) is 0.711. The van der Waals surface area contributed by atoms with E-state index in [0.29, 0.717) is 17.9 Å². The van der Waals surface area contributed by atoms with E-state index in [2.05, 4.69) is 6.58 Å². The second kappa shape index (κ2) is 7.35. The van der Waals surface area contributed by atoms with E-state index in [1.807, 2.05) is 0 Å². The molecule has 0 amide bonds. The molecular formula is C18H16O5. The van der Waals surface area contributed by atoms with E-state index in [1.165, 1.54) is 19.1 Å². The van der Waals surface area contributed by atoms with Crippen molar-refractivity contribution in [3.05, 3.63) is 60.4 Å². The molecule has 5 heteroatoms. The normalized spacial score (nSPS) is 17.6. The Balaban J connectivity index is 2.10. The smallest absolute Gasteiger partial charge is 0.329 e. The fraction of sp³-hybridized carbons (Fsp3) is 0.167. The molecule has 2 rings (SSSR count). The van der Waals surface area contributed by atoms with Gasteiger partial charge in [-0.15, -0.1) is 0 Å². The van der Waals surface area contributed by atoms with Crippen LogP contribution in [0.5, 0.6) is 5.75 Å². The van der Waals surface area contributed by atoms with Crippen molar-refractivity contribution in [1.82, 2.24) is 0 Å². The lowest BCUT2D eigenvalue weighted by Gasteiger charge is -2.15. The summed E-state index contributed by atoms with van der Waals surface area (Å²) < 4.78 is 10.2. The number of cyclic esters (lactones) is 1. The highest BCUT2D eigenvalue weighted by Crippen LogP contribution is 2.18. The average Bonchev–Trinajstić information content (AvgIpc) is 2.50. The Bertz CT molecular complexity index is 712. The van der Waals surface area contributed by atoms with Gasteiger partial charge in [0.15, 0.2) is 17.5 Å². The molecule has 1 aliphatic rings. The number of esters is 1. The number of carbonyl (C=O) groups excluding carboxylic acids is 3. The lowest BCUT2D eigenvalue weighted by atomic mass is 9.96. The maximum atomic E-state index is 12.1. The first-order valence-corrected chi connectivity index (χ1v) is 7.01. The van der Waals surface area contributed by atoms with Gasteiger partial charge in [0.05, 0.1) is 0 Å². The first-order chi connectivity index (χ1) is 11.0. The number of carbonyl (C=O) groups is 3. The van der Waals surface area contributed by atoms with Crippen LogP contribution in [0.2, 0.25) is 0 Å². The van der Waals surface area contributed by atoms with Gasteiger partial charge < -0.3 is 9.47 Å². The third-order valence-electron chi connectivity index (χ3n) is 3.08. The molecule has 0 N–H and O–H groups in total. The third kappa shape index (κ3) is 4.26. The van der Waals surface area contributed by atoms with Gasteiger partial charge >= 0.3 is 5.97 Å². The van der Waals surface area contributed by atoms with E-state index in [4.69, 9.17) is 9.47 Å². The van der Waals surface area contributed by atoms with Crippen LogP contribution in [0.25, 0.3) is 6.08 Å². The van der Waals surface area contributed by atoms with Crippen LogP contribution in [0.4, 0.5) is 0 Å². The van der Waals surface area contributed by atoms with Crippen molar-refractivity contribution in [2.45, 2.75) is 6.92 Å². The van der Waals surface area contributed by atoms with E-state index in [0.717, 1.165) is 6.08 Å². The number of allylic oxidation sites excluding steroid dienone is 3. The Kier molecular flexibility index (Phi) is 5.25. The van der Waals surface area contributed by atoms with E-state index in [-0.39, 0.29) is 5.76 Å². The maximum Gasteiger partial charge on any atom is 0.329 e. The van der Waals surface area contributed by atoms with Crippen molar-refractivity contribution in [1.29, 1.82) is 0 Å². The summed E-state index contributed by atoms with van der Waals surface area (Å²) in [5.74, 6) is -2.60. The second-order valence-corrected chi connectivity index (χ2v) is 4.92. The van der Waals surface area contributed by atoms with Crippen LogP contribution in [-0.4, -0.2) is 24.1 Å². The van der Waals surface area contributed by atoms with E-state index < -0.39 is 23.5 Å². The Morgan fingerprint density at radius 2 is 2.17 bits per heavy atom. The van der Waals surface area contributed by atoms with Crippen molar-refractivity contribution >= 4 is 23.6 Å². The molecule has 0 saturated heterocycles. The number of hydrogen-bond donors (Lipinski definition) is 0. The summed E-state index contributed by atoms with van der Waals surface area (Å²) in [5, 5.41) is 0. The van der Waals surface area contributed by atoms with Crippen molar-refractivity contribution in [3.8, 4) is 5.75 Å². The molecule has 0 saturated carbocycles. The van der Waals surface area contributed by atoms with Gasteiger partial charge in [0.2, 0.25) is 0 Å². The Labute approximate surface area is 133 Å². The Morgan fingerprint density at radius 1 is 1.39 bits per heavy atom. The van der Waals surface area contributed by atoms with Crippen molar-refractivity contribution in [3.63, 3.8) is 0 Å². The highest BCUT2D eigenvalue weighted by molar-refractivity contribution is 6.25. The molecule has 1 heterocycles. The summed E-state index contributed by atoms with van der Waals surface area (Å²) in [7, 11) is 0. The monoisotopic (exact) mass is 312 g/mol. The van der Waals surface area contributed by atoms with Gasteiger partial charge in [0.1, 0.15) is 18.1 Å². The topological polar surface area (TPSA) is 69.7 Å². The maximum absolute atomic E-state index is 12.1.